The Kier molecular flexibility index (Phi) is 8.10. The summed E-state index contributed by atoms with van der Waals surface area (Å²) in [6.07, 6.45) is -0.947. The lowest BCUT2D eigenvalue weighted by Gasteiger charge is -2.29. The number of amides is 1. The molecule has 4 rings (SSSR count). The molecule has 0 saturated heterocycles. The van der Waals surface area contributed by atoms with E-state index in [9.17, 15) is 9.59 Å². The maximum absolute atomic E-state index is 13.9. The minimum atomic E-state index is -0.947. The molecule has 0 aromatic heterocycles. The molecule has 3 aromatic rings. The summed E-state index contributed by atoms with van der Waals surface area (Å²) in [6, 6.07) is 25.7. The number of anilines is 1. The maximum Gasteiger partial charge on any atom is 0.303 e. The molecule has 3 aromatic carbocycles. The van der Waals surface area contributed by atoms with Crippen LogP contribution < -0.4 is 9.64 Å². The number of hydrogen-bond acceptors (Lipinski definition) is 6. The standard InChI is InChI=1S/C28H30N2O4S/c1-20(31)34-26-27(22-13-15-23(33-3)16-14-22)35-25-12-8-7-11-24(25)30(28(26)32)18-17-29(2)19-21-9-5-4-6-10-21/h4-16,26-27H,17-19H2,1-3H3/t26-,27+/m1/s1. The maximum atomic E-state index is 13.9. The lowest BCUT2D eigenvalue weighted by molar-refractivity contribution is -0.152. The highest BCUT2D eigenvalue weighted by molar-refractivity contribution is 7.99. The average Bonchev–Trinajstić information content (AvgIpc) is 2.98. The zero-order valence-electron chi connectivity index (χ0n) is 20.2. The third-order valence-corrected chi connectivity index (χ3v) is 7.30. The molecule has 1 aliphatic heterocycles. The van der Waals surface area contributed by atoms with Crippen molar-refractivity contribution < 1.29 is 19.1 Å². The summed E-state index contributed by atoms with van der Waals surface area (Å²) in [7, 11) is 3.66. The Balaban J connectivity index is 1.63. The molecule has 0 fully saturated rings. The number of methoxy groups -OCH3 is 1. The lowest BCUT2D eigenvalue weighted by Crippen LogP contribution is -2.45. The van der Waals surface area contributed by atoms with Crippen LogP contribution >= 0.6 is 11.8 Å². The number of benzene rings is 3. The van der Waals surface area contributed by atoms with Crippen molar-refractivity contribution in [2.24, 2.45) is 0 Å². The largest absolute Gasteiger partial charge is 0.497 e. The Morgan fingerprint density at radius 1 is 1.00 bits per heavy atom. The molecule has 35 heavy (non-hydrogen) atoms. The first kappa shape index (κ1) is 24.8. The van der Waals surface area contributed by atoms with Crippen molar-refractivity contribution in [1.82, 2.24) is 4.90 Å². The van der Waals surface area contributed by atoms with Crippen LogP contribution in [0, 0.1) is 0 Å². The summed E-state index contributed by atoms with van der Waals surface area (Å²) in [4.78, 5) is 30.9. The van der Waals surface area contributed by atoms with Gasteiger partial charge in [-0.05, 0) is 42.4 Å². The van der Waals surface area contributed by atoms with Gasteiger partial charge in [-0.1, -0.05) is 54.6 Å². The van der Waals surface area contributed by atoms with Crippen LogP contribution in [0.25, 0.3) is 0 Å². The minimum absolute atomic E-state index is 0.216. The highest BCUT2D eigenvalue weighted by Crippen LogP contribution is 2.46. The quantitative estimate of drug-likeness (QED) is 0.417. The fraction of sp³-hybridized carbons (Fsp3) is 0.286. The van der Waals surface area contributed by atoms with Gasteiger partial charge in [-0.15, -0.1) is 11.8 Å². The number of likely N-dealkylation sites (N-methyl/N-ethyl adjacent to an activating group) is 1. The molecule has 1 amide bonds. The number of fused-ring (bicyclic) bond motifs is 1. The number of nitrogens with zero attached hydrogens (tertiary/aromatic N) is 2. The molecule has 0 spiro atoms. The Morgan fingerprint density at radius 3 is 2.37 bits per heavy atom. The summed E-state index contributed by atoms with van der Waals surface area (Å²) in [5.74, 6) is 0.0346. The topological polar surface area (TPSA) is 59.1 Å². The van der Waals surface area contributed by atoms with Gasteiger partial charge in [-0.3, -0.25) is 9.59 Å². The molecule has 0 radical (unpaired) electrons. The predicted octanol–water partition coefficient (Wildman–Crippen LogP) is 4.94. The van der Waals surface area contributed by atoms with Crippen molar-refractivity contribution >= 4 is 29.3 Å². The van der Waals surface area contributed by atoms with Gasteiger partial charge in [0.15, 0.2) is 6.10 Å². The second-order valence-corrected chi connectivity index (χ2v) is 9.71. The van der Waals surface area contributed by atoms with E-state index in [-0.39, 0.29) is 11.2 Å². The summed E-state index contributed by atoms with van der Waals surface area (Å²) in [5.41, 5.74) is 2.95. The third kappa shape index (κ3) is 6.05. The number of carbonyl (C=O) groups excluding carboxylic acids is 2. The average molecular weight is 491 g/mol. The zero-order valence-corrected chi connectivity index (χ0v) is 21.0. The summed E-state index contributed by atoms with van der Waals surface area (Å²) in [5, 5.41) is -0.384. The molecule has 0 unspecified atom stereocenters. The van der Waals surface area contributed by atoms with Gasteiger partial charge < -0.3 is 19.3 Å². The van der Waals surface area contributed by atoms with Crippen molar-refractivity contribution in [3.8, 4) is 5.75 Å². The van der Waals surface area contributed by atoms with E-state index in [0.29, 0.717) is 13.1 Å². The highest BCUT2D eigenvalue weighted by atomic mass is 32.2. The van der Waals surface area contributed by atoms with Gasteiger partial charge >= 0.3 is 5.97 Å². The van der Waals surface area contributed by atoms with E-state index in [1.54, 1.807) is 23.8 Å². The van der Waals surface area contributed by atoms with Crippen molar-refractivity contribution in [3.05, 3.63) is 90.0 Å². The second-order valence-electron chi connectivity index (χ2n) is 8.52. The van der Waals surface area contributed by atoms with E-state index in [0.717, 1.165) is 28.4 Å². The second kappa shape index (κ2) is 11.4. The number of carbonyl (C=O) groups is 2. The normalized spacial score (nSPS) is 17.6. The van der Waals surface area contributed by atoms with Crippen LogP contribution in [0.2, 0.25) is 0 Å². The Morgan fingerprint density at radius 2 is 1.69 bits per heavy atom. The van der Waals surface area contributed by atoms with Crippen molar-refractivity contribution in [3.63, 3.8) is 0 Å². The van der Waals surface area contributed by atoms with Crippen LogP contribution in [0.1, 0.15) is 23.3 Å². The van der Waals surface area contributed by atoms with Crippen LogP contribution in [0.3, 0.4) is 0 Å². The van der Waals surface area contributed by atoms with Gasteiger partial charge in [0, 0.05) is 31.5 Å². The molecule has 0 saturated carbocycles. The molecule has 0 aliphatic carbocycles. The van der Waals surface area contributed by atoms with Crippen molar-refractivity contribution in [1.29, 1.82) is 0 Å². The van der Waals surface area contributed by atoms with Gasteiger partial charge in [-0.25, -0.2) is 0 Å². The number of hydrogen-bond donors (Lipinski definition) is 0. The number of thioether (sulfide) groups is 1. The first-order chi connectivity index (χ1) is 17.0. The SMILES string of the molecule is COc1ccc([C@@H]2Sc3ccccc3N(CCN(C)Cc3ccccc3)C(=O)[C@@H]2OC(C)=O)cc1. The summed E-state index contributed by atoms with van der Waals surface area (Å²) >= 11 is 1.54. The first-order valence-electron chi connectivity index (χ1n) is 11.6. The molecule has 182 valence electrons. The van der Waals surface area contributed by atoms with E-state index in [4.69, 9.17) is 9.47 Å². The van der Waals surface area contributed by atoms with E-state index < -0.39 is 12.1 Å². The lowest BCUT2D eigenvalue weighted by atomic mass is 10.1. The zero-order chi connectivity index (χ0) is 24.8. The summed E-state index contributed by atoms with van der Waals surface area (Å²) in [6.45, 7) is 3.27. The minimum Gasteiger partial charge on any atom is -0.497 e. The fourth-order valence-corrected chi connectivity index (χ4v) is 5.50. The molecule has 7 heteroatoms. The van der Waals surface area contributed by atoms with Crippen LogP contribution in [0.15, 0.2) is 83.8 Å². The first-order valence-corrected chi connectivity index (χ1v) is 12.4. The van der Waals surface area contributed by atoms with Gasteiger partial charge in [-0.2, -0.15) is 0 Å². The summed E-state index contributed by atoms with van der Waals surface area (Å²) < 4.78 is 11.0. The van der Waals surface area contributed by atoms with Gasteiger partial charge in [0.05, 0.1) is 18.0 Å². The number of esters is 1. The van der Waals surface area contributed by atoms with E-state index in [2.05, 4.69) is 17.0 Å². The van der Waals surface area contributed by atoms with Crippen LogP contribution in [-0.4, -0.2) is 50.1 Å². The fourth-order valence-electron chi connectivity index (χ4n) is 4.18. The van der Waals surface area contributed by atoms with Gasteiger partial charge in [0.1, 0.15) is 5.75 Å². The van der Waals surface area contributed by atoms with Gasteiger partial charge in [0.2, 0.25) is 0 Å². The third-order valence-electron chi connectivity index (χ3n) is 5.93. The number of para-hydroxylation sites is 1. The number of rotatable bonds is 8. The molecular weight excluding hydrogens is 460 g/mol. The van der Waals surface area contributed by atoms with E-state index >= 15 is 0 Å². The van der Waals surface area contributed by atoms with Crippen LogP contribution in [0.4, 0.5) is 5.69 Å². The van der Waals surface area contributed by atoms with Crippen molar-refractivity contribution in [2.45, 2.75) is 29.7 Å². The van der Waals surface area contributed by atoms with Gasteiger partial charge in [0.25, 0.3) is 5.91 Å². The van der Waals surface area contributed by atoms with E-state index in [1.165, 1.54) is 12.5 Å². The Labute approximate surface area is 210 Å². The monoisotopic (exact) mass is 490 g/mol. The molecular formula is C28H30N2O4S. The Hall–Kier alpha value is -3.29. The highest BCUT2D eigenvalue weighted by Gasteiger charge is 2.40. The molecule has 0 N–H and O–H groups in total. The molecule has 1 heterocycles. The molecule has 2 atom stereocenters. The van der Waals surface area contributed by atoms with Crippen LogP contribution in [0.5, 0.6) is 5.75 Å². The molecule has 6 nitrogen and oxygen atoms in total. The number of ether oxygens (including phenoxy) is 2. The predicted molar refractivity (Wildman–Crippen MR) is 139 cm³/mol. The molecule has 1 aliphatic rings. The van der Waals surface area contributed by atoms with E-state index in [1.807, 2.05) is 73.8 Å². The smallest absolute Gasteiger partial charge is 0.303 e. The Bertz CT molecular complexity index is 1150. The van der Waals surface area contributed by atoms with Crippen molar-refractivity contribution in [2.75, 3.05) is 32.1 Å². The molecule has 0 bridgehead atoms. The van der Waals surface area contributed by atoms with Crippen LogP contribution in [-0.2, 0) is 20.9 Å².